The molecule has 0 unspecified atom stereocenters. The number of ether oxygens (including phenoxy) is 3. The maximum absolute atomic E-state index is 13.9. The third-order valence-electron chi connectivity index (χ3n) is 5.82. The molecule has 0 aromatic carbocycles. The van der Waals surface area contributed by atoms with Crippen molar-refractivity contribution in [3.63, 3.8) is 0 Å². The van der Waals surface area contributed by atoms with Crippen LogP contribution in [0, 0.1) is 11.3 Å². The fourth-order valence-corrected chi connectivity index (χ4v) is 4.77. The average molecular weight is 456 g/mol. The first-order valence-electron chi connectivity index (χ1n) is 9.86. The largest absolute Gasteiger partial charge is 0.394 e. The first kappa shape index (κ1) is 20.8. The number of rotatable bonds is 3. The molecule has 4 atom stereocenters. The lowest BCUT2D eigenvalue weighted by Gasteiger charge is -2.24. The second kappa shape index (κ2) is 6.95. The number of hydrogen-bond donors (Lipinski definition) is 1. The van der Waals surface area contributed by atoms with Gasteiger partial charge in [-0.15, -0.1) is 0 Å². The molecule has 3 saturated heterocycles. The van der Waals surface area contributed by atoms with E-state index in [-0.39, 0.29) is 41.6 Å². The standard InChI is InChI=1S/C19H20ClF2N5O4/c1-18(2)30-13-11(7-28)29-17(14(13)31-18)27-16-10(6-24-27)12(9(5-23)15(20)25-16)26-4-3-19(21,22)8-26/h6,11,13-14,17,28H,3-4,7-8H2,1-2H3/t11-,13-,14-,17-/m1/s1. The van der Waals surface area contributed by atoms with Crippen LogP contribution >= 0.6 is 11.6 Å². The van der Waals surface area contributed by atoms with Gasteiger partial charge in [0.25, 0.3) is 5.92 Å². The SMILES string of the molecule is CC1(C)O[C@@H]2[C@H](O1)[C@@H](CO)O[C@H]2n1ncc2c(N3CCC(F)(F)C3)c(C#N)c(Cl)nc21. The molecular formula is C19H20ClF2N5O4. The van der Waals surface area contributed by atoms with Crippen molar-refractivity contribution >= 4 is 28.3 Å². The molecule has 1 N–H and O–H groups in total. The second-order valence-electron chi connectivity index (χ2n) is 8.40. The van der Waals surface area contributed by atoms with Gasteiger partial charge in [0.1, 0.15) is 29.9 Å². The van der Waals surface area contributed by atoms with Crippen molar-refractivity contribution in [2.24, 2.45) is 0 Å². The van der Waals surface area contributed by atoms with Crippen LogP contribution in [-0.4, -0.2) is 69.6 Å². The zero-order chi connectivity index (χ0) is 22.1. The van der Waals surface area contributed by atoms with Gasteiger partial charge in [0, 0.05) is 13.0 Å². The van der Waals surface area contributed by atoms with Gasteiger partial charge in [-0.05, 0) is 13.8 Å². The number of pyridine rings is 1. The Morgan fingerprint density at radius 2 is 2.10 bits per heavy atom. The minimum Gasteiger partial charge on any atom is -0.394 e. The third-order valence-corrected chi connectivity index (χ3v) is 6.09. The van der Waals surface area contributed by atoms with Gasteiger partial charge in [0.05, 0.1) is 30.4 Å². The van der Waals surface area contributed by atoms with Gasteiger partial charge in [-0.25, -0.2) is 18.4 Å². The molecular weight excluding hydrogens is 436 g/mol. The maximum Gasteiger partial charge on any atom is 0.266 e. The molecule has 9 nitrogen and oxygen atoms in total. The van der Waals surface area contributed by atoms with Gasteiger partial charge in [-0.3, -0.25) is 0 Å². The molecule has 5 rings (SSSR count). The number of nitriles is 1. The van der Waals surface area contributed by atoms with E-state index in [1.165, 1.54) is 15.8 Å². The summed E-state index contributed by atoms with van der Waals surface area (Å²) in [5, 5.41) is 24.0. The average Bonchev–Trinajstić information content (AvgIpc) is 3.42. The molecule has 166 valence electrons. The topological polar surface area (TPSA) is 106 Å². The summed E-state index contributed by atoms with van der Waals surface area (Å²) in [5.41, 5.74) is 0.564. The van der Waals surface area contributed by atoms with Gasteiger partial charge in [-0.1, -0.05) is 11.6 Å². The molecule has 3 aliphatic rings. The molecule has 0 aliphatic carbocycles. The zero-order valence-electron chi connectivity index (χ0n) is 16.8. The van der Waals surface area contributed by atoms with E-state index in [0.717, 1.165) is 0 Å². The summed E-state index contributed by atoms with van der Waals surface area (Å²) in [4.78, 5) is 5.75. The van der Waals surface area contributed by atoms with E-state index in [4.69, 9.17) is 25.8 Å². The minimum absolute atomic E-state index is 0.0199. The van der Waals surface area contributed by atoms with Crippen molar-refractivity contribution < 1.29 is 28.1 Å². The molecule has 0 saturated carbocycles. The molecule has 31 heavy (non-hydrogen) atoms. The number of hydrogen-bond acceptors (Lipinski definition) is 8. The summed E-state index contributed by atoms with van der Waals surface area (Å²) in [7, 11) is 0. The van der Waals surface area contributed by atoms with Crippen LogP contribution in [0.5, 0.6) is 0 Å². The molecule has 12 heteroatoms. The van der Waals surface area contributed by atoms with Crippen LogP contribution in [0.2, 0.25) is 5.15 Å². The smallest absolute Gasteiger partial charge is 0.266 e. The van der Waals surface area contributed by atoms with E-state index < -0.39 is 42.8 Å². The number of fused-ring (bicyclic) bond motifs is 2. The normalized spacial score (nSPS) is 31.3. The first-order valence-corrected chi connectivity index (χ1v) is 10.2. The third kappa shape index (κ3) is 3.25. The number of halogens is 3. The Kier molecular flexibility index (Phi) is 4.66. The summed E-state index contributed by atoms with van der Waals surface area (Å²) >= 11 is 6.28. The van der Waals surface area contributed by atoms with Crippen molar-refractivity contribution in [3.8, 4) is 6.07 Å². The monoisotopic (exact) mass is 455 g/mol. The number of aromatic nitrogens is 3. The van der Waals surface area contributed by atoms with Crippen molar-refractivity contribution in [2.45, 2.75) is 56.5 Å². The Balaban J connectivity index is 1.62. The van der Waals surface area contributed by atoms with Crippen LogP contribution in [0.4, 0.5) is 14.5 Å². The molecule has 2 aromatic heterocycles. The van der Waals surface area contributed by atoms with Gasteiger partial charge < -0.3 is 24.2 Å². The molecule has 0 amide bonds. The highest BCUT2D eigenvalue weighted by atomic mass is 35.5. The van der Waals surface area contributed by atoms with Crippen molar-refractivity contribution in [1.82, 2.24) is 14.8 Å². The van der Waals surface area contributed by atoms with E-state index in [2.05, 4.69) is 10.1 Å². The first-order chi connectivity index (χ1) is 14.6. The number of alkyl halides is 2. The Morgan fingerprint density at radius 1 is 1.35 bits per heavy atom. The predicted octanol–water partition coefficient (Wildman–Crippen LogP) is 2.21. The summed E-state index contributed by atoms with van der Waals surface area (Å²) in [5.74, 6) is -3.74. The van der Waals surface area contributed by atoms with E-state index in [1.54, 1.807) is 13.8 Å². The summed E-state index contributed by atoms with van der Waals surface area (Å²) in [6, 6.07) is 1.98. The van der Waals surface area contributed by atoms with Crippen LogP contribution in [-0.2, 0) is 14.2 Å². The van der Waals surface area contributed by atoms with Crippen molar-refractivity contribution in [2.75, 3.05) is 24.6 Å². The van der Waals surface area contributed by atoms with Crippen LogP contribution < -0.4 is 4.90 Å². The fourth-order valence-electron chi connectivity index (χ4n) is 4.56. The molecule has 0 bridgehead atoms. The molecule has 3 aliphatic heterocycles. The van der Waals surface area contributed by atoms with Gasteiger partial charge >= 0.3 is 0 Å². The van der Waals surface area contributed by atoms with E-state index >= 15 is 0 Å². The number of anilines is 1. The molecule has 5 heterocycles. The molecule has 3 fully saturated rings. The highest BCUT2D eigenvalue weighted by Crippen LogP contribution is 2.45. The fraction of sp³-hybridized carbons (Fsp3) is 0.632. The van der Waals surface area contributed by atoms with E-state index in [9.17, 15) is 19.1 Å². The minimum atomic E-state index is -2.86. The Morgan fingerprint density at radius 3 is 2.74 bits per heavy atom. The van der Waals surface area contributed by atoms with Crippen LogP contribution in [0.25, 0.3) is 11.0 Å². The Labute approximate surface area is 181 Å². The Hall–Kier alpha value is -2.10. The number of nitrogens with zero attached hydrogens (tertiary/aromatic N) is 5. The number of aliphatic hydroxyl groups excluding tert-OH is 1. The second-order valence-corrected chi connectivity index (χ2v) is 8.76. The molecule has 0 spiro atoms. The van der Waals surface area contributed by atoms with Gasteiger partial charge in [0.2, 0.25) is 0 Å². The van der Waals surface area contributed by atoms with Crippen LogP contribution in [0.1, 0.15) is 32.1 Å². The zero-order valence-corrected chi connectivity index (χ0v) is 17.5. The van der Waals surface area contributed by atoms with E-state index in [1.807, 2.05) is 6.07 Å². The lowest BCUT2D eigenvalue weighted by molar-refractivity contribution is -0.201. The summed E-state index contributed by atoms with van der Waals surface area (Å²) in [6.45, 7) is 2.79. The van der Waals surface area contributed by atoms with Crippen molar-refractivity contribution in [3.05, 3.63) is 16.9 Å². The number of aliphatic hydroxyl groups is 1. The van der Waals surface area contributed by atoms with Gasteiger partial charge in [0.15, 0.2) is 22.8 Å². The summed E-state index contributed by atoms with van der Waals surface area (Å²) in [6.07, 6.45) is -1.38. The van der Waals surface area contributed by atoms with Gasteiger partial charge in [-0.2, -0.15) is 10.4 Å². The quantitative estimate of drug-likeness (QED) is 0.702. The lowest BCUT2D eigenvalue weighted by Crippen LogP contribution is -2.31. The molecule has 0 radical (unpaired) electrons. The van der Waals surface area contributed by atoms with Crippen molar-refractivity contribution in [1.29, 1.82) is 5.26 Å². The van der Waals surface area contributed by atoms with E-state index in [0.29, 0.717) is 5.39 Å². The highest BCUT2D eigenvalue weighted by Gasteiger charge is 2.56. The highest BCUT2D eigenvalue weighted by molar-refractivity contribution is 6.31. The molecule has 2 aromatic rings. The lowest BCUT2D eigenvalue weighted by atomic mass is 10.1. The summed E-state index contributed by atoms with van der Waals surface area (Å²) < 4.78 is 47.0. The Bertz CT molecular complexity index is 1090. The van der Waals surface area contributed by atoms with Crippen LogP contribution in [0.15, 0.2) is 6.20 Å². The maximum atomic E-state index is 13.9. The van der Waals surface area contributed by atoms with Crippen LogP contribution in [0.3, 0.4) is 0 Å². The predicted molar refractivity (Wildman–Crippen MR) is 104 cm³/mol.